The molecule has 2 nitrogen and oxygen atoms in total. The fourth-order valence-corrected chi connectivity index (χ4v) is 18.3. The fraction of sp³-hybridized carbons (Fsp3) is 0.0465. The Hall–Kier alpha value is -10.6. The number of hydrogen-bond donors (Lipinski definition) is 0. The number of nitrogens with zero attached hydrogens (tertiary/aromatic N) is 2. The van der Waals surface area contributed by atoms with Crippen LogP contribution in [0.5, 0.6) is 0 Å². The van der Waals surface area contributed by atoms with Gasteiger partial charge in [0.1, 0.15) is 0 Å². The van der Waals surface area contributed by atoms with Gasteiger partial charge < -0.3 is 9.80 Å². The average molecular weight is 1180 g/mol. The summed E-state index contributed by atoms with van der Waals surface area (Å²) in [6, 6.07) is 119. The van der Waals surface area contributed by atoms with E-state index < -0.39 is 10.8 Å². The minimum absolute atomic E-state index is 0.514. The van der Waals surface area contributed by atoms with Gasteiger partial charge in [-0.05, 0) is 165 Å². The average Bonchev–Trinajstić information content (AvgIpc) is 1.62. The van der Waals surface area contributed by atoms with Crippen LogP contribution in [-0.4, -0.2) is 0 Å². The van der Waals surface area contributed by atoms with Crippen LogP contribution in [0.3, 0.4) is 0 Å². The van der Waals surface area contributed by atoms with Crippen molar-refractivity contribution in [1.82, 2.24) is 0 Å². The van der Waals surface area contributed by atoms with Gasteiger partial charge in [-0.15, -0.1) is 22.7 Å². The van der Waals surface area contributed by atoms with Gasteiger partial charge >= 0.3 is 0 Å². The maximum atomic E-state index is 2.46. The molecular weight excluding hydrogens is 1130 g/mol. The van der Waals surface area contributed by atoms with Gasteiger partial charge in [-0.2, -0.15) is 0 Å². The quantitative estimate of drug-likeness (QED) is 0.135. The number of fused-ring (bicyclic) bond motifs is 15. The topological polar surface area (TPSA) is 6.48 Å². The summed E-state index contributed by atoms with van der Waals surface area (Å²) in [6.45, 7) is 4.38. The second-order valence-electron chi connectivity index (χ2n) is 24.4. The van der Waals surface area contributed by atoms with Crippen molar-refractivity contribution in [3.8, 4) is 22.3 Å². The van der Waals surface area contributed by atoms with Crippen LogP contribution in [0.4, 0.5) is 34.1 Å². The molecule has 424 valence electrons. The Bertz CT molecular complexity index is 5120. The molecule has 4 heteroatoms. The van der Waals surface area contributed by atoms with E-state index in [-0.39, 0.29) is 0 Å². The van der Waals surface area contributed by atoms with Crippen LogP contribution in [0.1, 0.15) is 55.6 Å². The normalized spacial score (nSPS) is 13.4. The molecule has 0 atom stereocenters. The highest BCUT2D eigenvalue weighted by molar-refractivity contribution is 7.28. The minimum Gasteiger partial charge on any atom is -0.310 e. The van der Waals surface area contributed by atoms with Gasteiger partial charge in [0, 0.05) is 85.2 Å². The van der Waals surface area contributed by atoms with Gasteiger partial charge in [0.05, 0.1) is 10.8 Å². The molecule has 0 saturated heterocycles. The molecule has 0 aliphatic heterocycles. The van der Waals surface area contributed by atoms with Gasteiger partial charge in [-0.1, -0.05) is 243 Å². The fourth-order valence-electron chi connectivity index (χ4n) is 15.7. The van der Waals surface area contributed by atoms with E-state index in [0.29, 0.717) is 0 Å². The summed E-state index contributed by atoms with van der Waals surface area (Å²) in [5.41, 5.74) is 23.5. The Morgan fingerprint density at radius 2 is 0.522 bits per heavy atom. The van der Waals surface area contributed by atoms with Crippen molar-refractivity contribution in [2.24, 2.45) is 0 Å². The molecule has 90 heavy (non-hydrogen) atoms. The first-order valence-corrected chi connectivity index (χ1v) is 32.8. The molecule has 0 N–H and O–H groups in total. The Morgan fingerprint density at radius 1 is 0.233 bits per heavy atom. The van der Waals surface area contributed by atoms with Crippen LogP contribution in [0.25, 0.3) is 73.4 Å². The molecule has 0 radical (unpaired) electrons. The number of thiophene rings is 2. The number of benzene rings is 14. The third kappa shape index (κ3) is 7.75. The molecule has 0 spiro atoms. The summed E-state index contributed by atoms with van der Waals surface area (Å²) in [5, 5.41) is 7.72. The van der Waals surface area contributed by atoms with Gasteiger partial charge in [-0.25, -0.2) is 0 Å². The molecule has 2 aliphatic rings. The summed E-state index contributed by atoms with van der Waals surface area (Å²) in [7, 11) is 0. The number of rotatable bonds is 10. The maximum Gasteiger partial charge on any atom is 0.0714 e. The largest absolute Gasteiger partial charge is 0.310 e. The molecule has 0 unspecified atom stereocenters. The predicted molar refractivity (Wildman–Crippen MR) is 383 cm³/mol. The van der Waals surface area contributed by atoms with Crippen LogP contribution < -0.4 is 9.80 Å². The van der Waals surface area contributed by atoms with Crippen molar-refractivity contribution in [1.29, 1.82) is 0 Å². The molecule has 16 aromatic rings. The highest BCUT2D eigenvalue weighted by atomic mass is 32.1. The molecule has 14 aromatic carbocycles. The van der Waals surface area contributed by atoms with Gasteiger partial charge in [0.2, 0.25) is 0 Å². The van der Waals surface area contributed by atoms with Crippen LogP contribution in [-0.2, 0) is 10.8 Å². The Kier molecular flexibility index (Phi) is 11.9. The van der Waals surface area contributed by atoms with Crippen LogP contribution in [0.2, 0.25) is 0 Å². The van der Waals surface area contributed by atoms with E-state index in [0.717, 1.165) is 34.1 Å². The lowest BCUT2D eigenvalue weighted by molar-refractivity contribution is 0.768. The van der Waals surface area contributed by atoms with E-state index in [1.165, 1.54) is 129 Å². The van der Waals surface area contributed by atoms with Crippen LogP contribution >= 0.6 is 22.7 Å². The molecule has 0 saturated carbocycles. The molecule has 18 rings (SSSR count). The molecule has 0 bridgehead atoms. The van der Waals surface area contributed by atoms with Crippen LogP contribution in [0.15, 0.2) is 315 Å². The van der Waals surface area contributed by atoms with E-state index in [2.05, 4.69) is 339 Å². The van der Waals surface area contributed by atoms with Crippen molar-refractivity contribution in [2.75, 3.05) is 9.80 Å². The molecule has 2 aliphatic carbocycles. The minimum atomic E-state index is -0.514. The highest BCUT2D eigenvalue weighted by Gasteiger charge is 2.47. The number of hydrogen-bond acceptors (Lipinski definition) is 4. The number of anilines is 6. The second kappa shape index (κ2) is 20.5. The van der Waals surface area contributed by atoms with Gasteiger partial charge in [0.25, 0.3) is 0 Å². The lowest BCUT2D eigenvalue weighted by atomic mass is 9.67. The summed E-state index contributed by atoms with van der Waals surface area (Å²) in [4.78, 5) is 4.93. The lowest BCUT2D eigenvalue weighted by Crippen LogP contribution is -2.28. The van der Waals surface area contributed by atoms with Crippen molar-refractivity contribution >= 4 is 108 Å². The van der Waals surface area contributed by atoms with Crippen molar-refractivity contribution < 1.29 is 0 Å². The molecule has 2 heterocycles. The molecule has 0 amide bonds. The van der Waals surface area contributed by atoms with Crippen LogP contribution in [0, 0.1) is 13.8 Å². The third-order valence-electron chi connectivity index (χ3n) is 19.5. The van der Waals surface area contributed by atoms with E-state index in [4.69, 9.17) is 0 Å². The van der Waals surface area contributed by atoms with E-state index >= 15 is 0 Å². The summed E-state index contributed by atoms with van der Waals surface area (Å²) in [6.07, 6.45) is 0. The second-order valence-corrected chi connectivity index (χ2v) is 26.5. The van der Waals surface area contributed by atoms with Gasteiger partial charge in [0.15, 0.2) is 0 Å². The van der Waals surface area contributed by atoms with E-state index in [1.54, 1.807) is 0 Å². The Labute approximate surface area is 532 Å². The Balaban J connectivity index is 0.756. The zero-order chi connectivity index (χ0) is 59.7. The van der Waals surface area contributed by atoms with E-state index in [1.807, 2.05) is 22.7 Å². The summed E-state index contributed by atoms with van der Waals surface area (Å²) in [5.74, 6) is 0. The molecular formula is C86H58N2S2. The third-order valence-corrected chi connectivity index (χ3v) is 21.9. The monoisotopic (exact) mass is 1180 g/mol. The predicted octanol–water partition coefficient (Wildman–Crippen LogP) is 23.9. The maximum absolute atomic E-state index is 2.46. The summed E-state index contributed by atoms with van der Waals surface area (Å²) < 4.78 is 5.16. The van der Waals surface area contributed by atoms with Gasteiger partial charge in [-0.3, -0.25) is 0 Å². The first kappa shape index (κ1) is 52.5. The molecule has 2 aromatic heterocycles. The first-order chi connectivity index (χ1) is 44.4. The zero-order valence-corrected chi connectivity index (χ0v) is 51.4. The zero-order valence-electron chi connectivity index (χ0n) is 49.7. The van der Waals surface area contributed by atoms with E-state index in [9.17, 15) is 0 Å². The Morgan fingerprint density at radius 3 is 0.889 bits per heavy atom. The smallest absolute Gasteiger partial charge is 0.0714 e. The number of aryl methyl sites for hydroxylation is 2. The summed E-state index contributed by atoms with van der Waals surface area (Å²) >= 11 is 3.82. The van der Waals surface area contributed by atoms with Crippen molar-refractivity contribution in [2.45, 2.75) is 24.7 Å². The lowest BCUT2D eigenvalue weighted by Gasteiger charge is -2.35. The van der Waals surface area contributed by atoms with Crippen molar-refractivity contribution in [3.05, 3.63) is 371 Å². The highest BCUT2D eigenvalue weighted by Crippen LogP contribution is 2.59. The SMILES string of the molecule is Cc1cccc(N(c2cccc(C3(c4ccccc4)c4ccccc4-c4ccccc43)c2)c2ccc3c(c2)sc2c3ccc3c2ccc2c4ccc(N(c5cccc(C)c5)c5cccc(C6(c7ccccc7)c7ccccc7-c7ccccc76)c5)cc4sc23)c1. The molecule has 0 fully saturated rings. The standard InChI is InChI=1S/C86H58N2S2/c1-55-21-17-29-61(49-55)87(63-31-19-27-59(51-63)85(57-23-5-3-6-24-57)77-37-13-9-33-67(77)68-34-10-14-38-78(68)85)65-41-43-71-73-45-47-76-75(83(73)89-81(71)53-65)48-46-74-72-44-42-66(54-82(72)90-84(74)76)88(62-30-18-22-56(2)50-62)64-32-20-28-60(52-64)86(58-25-7-4-8-26-58)79-39-15-11-35-69(79)70-36-12-16-40-80(70)86/h3-54H,1-2H3. The van der Waals surface area contributed by atoms with Crippen molar-refractivity contribution in [3.63, 3.8) is 0 Å². The first-order valence-electron chi connectivity index (χ1n) is 31.1.